The molecule has 1 aromatic carbocycles. The van der Waals surface area contributed by atoms with E-state index in [1.807, 2.05) is 12.1 Å². The van der Waals surface area contributed by atoms with E-state index in [2.05, 4.69) is 20.9 Å². The summed E-state index contributed by atoms with van der Waals surface area (Å²) in [5, 5.41) is 10.7. The fourth-order valence-corrected chi connectivity index (χ4v) is 4.82. The molecule has 9 nitrogen and oxygen atoms in total. The van der Waals surface area contributed by atoms with Crippen LogP contribution in [-0.2, 0) is 4.79 Å². The summed E-state index contributed by atoms with van der Waals surface area (Å²) in [5.41, 5.74) is 0.795. The molecular weight excluding hydrogens is 468 g/mol. The lowest BCUT2D eigenvalue weighted by Gasteiger charge is -2.42. The Kier molecular flexibility index (Phi) is 9.09. The highest BCUT2D eigenvalue weighted by Gasteiger charge is 2.29. The van der Waals surface area contributed by atoms with Gasteiger partial charge < -0.3 is 30.3 Å². The van der Waals surface area contributed by atoms with Crippen LogP contribution in [0.4, 0.5) is 11.8 Å². The smallest absolute Gasteiger partial charge is 0.234 e. The molecule has 0 atom stereocenters. The third-order valence-electron chi connectivity index (χ3n) is 6.99. The van der Waals surface area contributed by atoms with Crippen LogP contribution in [0.3, 0.4) is 0 Å². The Morgan fingerprint density at radius 1 is 1.06 bits per heavy atom. The van der Waals surface area contributed by atoms with Crippen molar-refractivity contribution in [1.82, 2.24) is 20.2 Å². The maximum atomic E-state index is 11.3. The number of nitrogens with one attached hydrogen (secondary N) is 3. The zero-order chi connectivity index (χ0) is 24.6. The largest absolute Gasteiger partial charge is 0.493 e. The first kappa shape index (κ1) is 25.6. The Morgan fingerprint density at radius 2 is 1.77 bits per heavy atom. The van der Waals surface area contributed by atoms with Gasteiger partial charge in [0.1, 0.15) is 11.7 Å². The van der Waals surface area contributed by atoms with E-state index in [-0.39, 0.29) is 11.8 Å². The lowest BCUT2D eigenvalue weighted by molar-refractivity contribution is -0.118. The topological polar surface area (TPSA) is 101 Å². The summed E-state index contributed by atoms with van der Waals surface area (Å²) in [5.74, 6) is 2.54. The van der Waals surface area contributed by atoms with Gasteiger partial charge in [-0.2, -0.15) is 4.98 Å². The van der Waals surface area contributed by atoms with Gasteiger partial charge in [0.15, 0.2) is 11.5 Å². The summed E-state index contributed by atoms with van der Waals surface area (Å²) >= 11 is 5.51. The van der Waals surface area contributed by atoms with E-state index in [9.17, 15) is 4.79 Å². The van der Waals surface area contributed by atoms with Crippen molar-refractivity contribution in [3.63, 3.8) is 0 Å². The number of nitrogens with zero attached hydrogens (tertiary/aromatic N) is 3. The highest BCUT2D eigenvalue weighted by molar-refractivity contribution is 6.27. The third kappa shape index (κ3) is 6.58. The predicted molar refractivity (Wildman–Crippen MR) is 140 cm³/mol. The van der Waals surface area contributed by atoms with E-state index in [0.717, 1.165) is 61.5 Å². The van der Waals surface area contributed by atoms with Crippen LogP contribution >= 0.6 is 11.6 Å². The number of fused-ring (bicyclic) bond motifs is 1. The molecule has 2 heterocycles. The SMILES string of the molecule is COc1cc2nc(NCCCCNC(=O)CCl)nc(NC3CCN(C4CCC4)CC3)c2cc1OC. The van der Waals surface area contributed by atoms with E-state index in [1.54, 1.807) is 14.2 Å². The molecule has 2 fully saturated rings. The zero-order valence-corrected chi connectivity index (χ0v) is 21.5. The number of piperidine rings is 1. The van der Waals surface area contributed by atoms with Crippen molar-refractivity contribution in [3.8, 4) is 11.5 Å². The molecule has 4 rings (SSSR count). The minimum absolute atomic E-state index is 0.00713. The van der Waals surface area contributed by atoms with Crippen molar-refractivity contribution in [3.05, 3.63) is 12.1 Å². The van der Waals surface area contributed by atoms with Crippen LogP contribution in [0, 0.1) is 0 Å². The van der Waals surface area contributed by atoms with Crippen LogP contribution in [0.15, 0.2) is 12.1 Å². The minimum atomic E-state index is -0.142. The quantitative estimate of drug-likeness (QED) is 0.297. The summed E-state index contributed by atoms with van der Waals surface area (Å²) in [4.78, 5) is 23.5. The summed E-state index contributed by atoms with van der Waals surface area (Å²) in [6.45, 7) is 3.58. The first-order valence-electron chi connectivity index (χ1n) is 12.6. The molecule has 35 heavy (non-hydrogen) atoms. The number of unbranched alkanes of at least 4 members (excludes halogenated alkanes) is 1. The van der Waals surface area contributed by atoms with Gasteiger partial charge in [0.05, 0.1) is 19.7 Å². The van der Waals surface area contributed by atoms with Crippen molar-refractivity contribution in [1.29, 1.82) is 0 Å². The van der Waals surface area contributed by atoms with Crippen LogP contribution in [0.2, 0.25) is 0 Å². The molecule has 0 unspecified atom stereocenters. The molecule has 0 spiro atoms. The molecule has 1 saturated heterocycles. The number of anilines is 2. The number of halogens is 1. The van der Waals surface area contributed by atoms with Crippen molar-refractivity contribution in [2.75, 3.05) is 56.9 Å². The van der Waals surface area contributed by atoms with Gasteiger partial charge in [-0.1, -0.05) is 6.42 Å². The van der Waals surface area contributed by atoms with Gasteiger partial charge in [-0.05, 0) is 44.6 Å². The molecular formula is C25H37ClN6O3. The second kappa shape index (κ2) is 12.4. The van der Waals surface area contributed by atoms with Gasteiger partial charge in [-0.15, -0.1) is 11.6 Å². The van der Waals surface area contributed by atoms with Crippen LogP contribution in [0.1, 0.15) is 44.9 Å². The second-order valence-electron chi connectivity index (χ2n) is 9.28. The highest BCUT2D eigenvalue weighted by Crippen LogP contribution is 2.35. The van der Waals surface area contributed by atoms with Crippen molar-refractivity contribution >= 4 is 40.2 Å². The number of carbonyl (C=O) groups excluding carboxylic acids is 1. The van der Waals surface area contributed by atoms with E-state index >= 15 is 0 Å². The number of hydrogen-bond donors (Lipinski definition) is 3. The molecule has 0 bridgehead atoms. The fraction of sp³-hybridized carbons (Fsp3) is 0.640. The molecule has 1 amide bonds. The Hall–Kier alpha value is -2.52. The number of aromatic nitrogens is 2. The Balaban J connectivity index is 1.45. The number of hydrogen-bond acceptors (Lipinski definition) is 8. The molecule has 1 aliphatic carbocycles. The first-order valence-corrected chi connectivity index (χ1v) is 13.2. The van der Waals surface area contributed by atoms with E-state index < -0.39 is 0 Å². The van der Waals surface area contributed by atoms with Crippen molar-refractivity contribution in [2.45, 2.75) is 57.0 Å². The highest BCUT2D eigenvalue weighted by atomic mass is 35.5. The second-order valence-corrected chi connectivity index (χ2v) is 9.54. The maximum Gasteiger partial charge on any atom is 0.234 e. The number of methoxy groups -OCH3 is 2. The van der Waals surface area contributed by atoms with E-state index in [0.29, 0.717) is 36.6 Å². The van der Waals surface area contributed by atoms with Crippen LogP contribution in [-0.4, -0.2) is 79.1 Å². The molecule has 1 saturated carbocycles. The summed E-state index contributed by atoms with van der Waals surface area (Å²) in [6.07, 6.45) is 8.00. The maximum absolute atomic E-state index is 11.3. The van der Waals surface area contributed by atoms with Gasteiger partial charge in [-0.3, -0.25) is 4.79 Å². The number of benzene rings is 1. The van der Waals surface area contributed by atoms with Gasteiger partial charge in [0, 0.05) is 49.7 Å². The zero-order valence-electron chi connectivity index (χ0n) is 20.7. The lowest BCUT2D eigenvalue weighted by Crippen LogP contribution is -2.47. The number of amides is 1. The standard InChI is InChI=1S/C25H37ClN6O3/c1-34-21-14-19-20(15-22(21)35-2)30-25(28-11-4-3-10-27-23(33)16-26)31-24(19)29-17-8-12-32(13-9-17)18-6-5-7-18/h14-15,17-18H,3-13,16H2,1-2H3,(H,27,33)(H2,28,29,30,31). The molecule has 10 heteroatoms. The predicted octanol–water partition coefficient (Wildman–Crippen LogP) is 3.62. The Morgan fingerprint density at radius 3 is 2.43 bits per heavy atom. The summed E-state index contributed by atoms with van der Waals surface area (Å²) in [6, 6.07) is 5.01. The fourth-order valence-electron chi connectivity index (χ4n) is 4.72. The molecule has 192 valence electrons. The monoisotopic (exact) mass is 504 g/mol. The van der Waals surface area contributed by atoms with Crippen molar-refractivity contribution in [2.24, 2.45) is 0 Å². The molecule has 2 aliphatic rings. The number of alkyl halides is 1. The van der Waals surface area contributed by atoms with Gasteiger partial charge in [0.2, 0.25) is 11.9 Å². The van der Waals surface area contributed by atoms with E-state index in [4.69, 9.17) is 31.0 Å². The number of likely N-dealkylation sites (tertiary alicyclic amines) is 1. The summed E-state index contributed by atoms with van der Waals surface area (Å²) in [7, 11) is 3.27. The number of carbonyl (C=O) groups is 1. The lowest BCUT2D eigenvalue weighted by atomic mass is 9.89. The average Bonchev–Trinajstić information content (AvgIpc) is 2.85. The molecule has 3 N–H and O–H groups in total. The number of rotatable bonds is 12. The van der Waals surface area contributed by atoms with Crippen molar-refractivity contribution < 1.29 is 14.3 Å². The minimum Gasteiger partial charge on any atom is -0.493 e. The number of ether oxygens (including phenoxy) is 2. The third-order valence-corrected chi connectivity index (χ3v) is 7.24. The van der Waals surface area contributed by atoms with Crippen LogP contribution in [0.25, 0.3) is 10.9 Å². The van der Waals surface area contributed by atoms with E-state index in [1.165, 1.54) is 19.3 Å². The Bertz CT molecular complexity index is 995. The van der Waals surface area contributed by atoms with Crippen LogP contribution < -0.4 is 25.4 Å². The average molecular weight is 505 g/mol. The molecule has 0 radical (unpaired) electrons. The molecule has 1 aliphatic heterocycles. The first-order chi connectivity index (χ1) is 17.1. The normalized spacial score (nSPS) is 17.1. The van der Waals surface area contributed by atoms with Gasteiger partial charge in [-0.25, -0.2) is 4.98 Å². The van der Waals surface area contributed by atoms with Crippen LogP contribution in [0.5, 0.6) is 11.5 Å². The van der Waals surface area contributed by atoms with Gasteiger partial charge >= 0.3 is 0 Å². The summed E-state index contributed by atoms with van der Waals surface area (Å²) < 4.78 is 11.0. The van der Waals surface area contributed by atoms with Gasteiger partial charge in [0.25, 0.3) is 0 Å². The Labute approximate surface area is 212 Å². The molecule has 1 aromatic heterocycles. The molecule has 2 aromatic rings.